The predicted molar refractivity (Wildman–Crippen MR) is 55.8 cm³/mol. The first kappa shape index (κ1) is 10.2. The van der Waals surface area contributed by atoms with Gasteiger partial charge < -0.3 is 9.52 Å². The molecule has 1 N–H and O–H groups in total. The smallest absolute Gasteiger partial charge is 0.226 e. The van der Waals surface area contributed by atoms with Gasteiger partial charge in [0.25, 0.3) is 0 Å². The Balaban J connectivity index is 2.09. The van der Waals surface area contributed by atoms with Crippen molar-refractivity contribution in [1.82, 2.24) is 4.90 Å². The van der Waals surface area contributed by atoms with E-state index in [1.54, 1.807) is 0 Å². The van der Waals surface area contributed by atoms with Crippen LogP contribution in [0.1, 0.15) is 25.0 Å². The van der Waals surface area contributed by atoms with Crippen molar-refractivity contribution in [3.05, 3.63) is 28.3 Å². The number of likely N-dealkylation sites (tertiary alicyclic amines) is 1. The minimum Gasteiger partial charge on any atom is -0.502 e. The molecule has 1 fully saturated rings. The van der Waals surface area contributed by atoms with Gasteiger partial charge in [-0.05, 0) is 25.9 Å². The van der Waals surface area contributed by atoms with Gasteiger partial charge in [0.2, 0.25) is 11.2 Å². The highest BCUT2D eigenvalue weighted by molar-refractivity contribution is 5.22. The Morgan fingerprint density at radius 3 is 2.80 bits per heavy atom. The van der Waals surface area contributed by atoms with E-state index in [1.807, 2.05) is 0 Å². The third kappa shape index (κ3) is 2.39. The molecule has 0 bridgehead atoms. The zero-order chi connectivity index (χ0) is 10.7. The van der Waals surface area contributed by atoms with Gasteiger partial charge >= 0.3 is 0 Å². The van der Waals surface area contributed by atoms with Crippen LogP contribution < -0.4 is 5.43 Å². The Morgan fingerprint density at radius 2 is 2.07 bits per heavy atom. The van der Waals surface area contributed by atoms with E-state index in [0.29, 0.717) is 12.3 Å². The van der Waals surface area contributed by atoms with E-state index in [2.05, 4.69) is 4.90 Å². The van der Waals surface area contributed by atoms with Crippen molar-refractivity contribution < 1.29 is 9.52 Å². The topological polar surface area (TPSA) is 53.7 Å². The van der Waals surface area contributed by atoms with Gasteiger partial charge in [-0.3, -0.25) is 9.69 Å². The molecule has 0 radical (unpaired) electrons. The molecule has 0 spiro atoms. The maximum absolute atomic E-state index is 11.2. The molecule has 2 rings (SSSR count). The molecular formula is C11H15NO3. The Morgan fingerprint density at radius 1 is 1.33 bits per heavy atom. The molecule has 1 aliphatic heterocycles. The van der Waals surface area contributed by atoms with Gasteiger partial charge in [-0.25, -0.2) is 0 Å². The highest BCUT2D eigenvalue weighted by atomic mass is 16.4. The van der Waals surface area contributed by atoms with Crippen molar-refractivity contribution in [3.63, 3.8) is 0 Å². The lowest BCUT2D eigenvalue weighted by molar-refractivity contribution is 0.198. The van der Waals surface area contributed by atoms with Crippen LogP contribution in [-0.2, 0) is 6.54 Å². The third-order valence-corrected chi connectivity index (χ3v) is 2.74. The Kier molecular flexibility index (Phi) is 3.06. The molecule has 0 aliphatic carbocycles. The lowest BCUT2D eigenvalue weighted by atomic mass is 10.1. The van der Waals surface area contributed by atoms with Crippen molar-refractivity contribution in [1.29, 1.82) is 0 Å². The van der Waals surface area contributed by atoms with Crippen LogP contribution in [0.4, 0.5) is 0 Å². The Hall–Kier alpha value is -1.29. The molecule has 0 saturated carbocycles. The second kappa shape index (κ2) is 4.49. The fourth-order valence-electron chi connectivity index (χ4n) is 1.88. The van der Waals surface area contributed by atoms with Crippen LogP contribution in [0.5, 0.6) is 5.75 Å². The number of hydrogen-bond acceptors (Lipinski definition) is 4. The highest BCUT2D eigenvalue weighted by Crippen LogP contribution is 2.16. The molecule has 1 saturated heterocycles. The second-order valence-electron chi connectivity index (χ2n) is 3.89. The van der Waals surface area contributed by atoms with Crippen LogP contribution in [0.3, 0.4) is 0 Å². The van der Waals surface area contributed by atoms with Crippen LogP contribution >= 0.6 is 0 Å². The number of hydrogen-bond donors (Lipinski definition) is 1. The first-order valence-electron chi connectivity index (χ1n) is 5.29. The minimum atomic E-state index is -0.367. The normalized spacial score (nSPS) is 17.9. The molecule has 4 heteroatoms. The van der Waals surface area contributed by atoms with Gasteiger partial charge in [0.15, 0.2) is 5.76 Å². The summed E-state index contributed by atoms with van der Waals surface area (Å²) >= 11 is 0. The summed E-state index contributed by atoms with van der Waals surface area (Å²) in [6.07, 6.45) is 4.96. The van der Waals surface area contributed by atoms with E-state index < -0.39 is 0 Å². The van der Waals surface area contributed by atoms with E-state index in [-0.39, 0.29) is 11.2 Å². The predicted octanol–water partition coefficient (Wildman–Crippen LogP) is 1.33. The van der Waals surface area contributed by atoms with Crippen LogP contribution in [-0.4, -0.2) is 23.1 Å². The zero-order valence-corrected chi connectivity index (χ0v) is 8.61. The molecule has 2 heterocycles. The van der Waals surface area contributed by atoms with Gasteiger partial charge in [-0.1, -0.05) is 6.42 Å². The van der Waals surface area contributed by atoms with Crippen LogP contribution in [0.2, 0.25) is 0 Å². The molecular weight excluding hydrogens is 194 g/mol. The van der Waals surface area contributed by atoms with Crippen molar-refractivity contribution >= 4 is 0 Å². The molecule has 1 aromatic heterocycles. The van der Waals surface area contributed by atoms with E-state index in [0.717, 1.165) is 13.1 Å². The van der Waals surface area contributed by atoms with Crippen molar-refractivity contribution in [3.8, 4) is 5.75 Å². The monoisotopic (exact) mass is 209 g/mol. The maximum atomic E-state index is 11.2. The van der Waals surface area contributed by atoms with Gasteiger partial charge in [0, 0.05) is 6.07 Å². The number of nitrogens with zero attached hydrogens (tertiary/aromatic N) is 1. The van der Waals surface area contributed by atoms with Gasteiger partial charge in [-0.2, -0.15) is 0 Å². The van der Waals surface area contributed by atoms with E-state index in [1.165, 1.54) is 31.6 Å². The van der Waals surface area contributed by atoms with Gasteiger partial charge in [0.1, 0.15) is 0 Å². The van der Waals surface area contributed by atoms with Crippen LogP contribution in [0, 0.1) is 0 Å². The first-order valence-corrected chi connectivity index (χ1v) is 5.29. The SMILES string of the molecule is O=c1ccoc(CN2CCCCC2)c1O. The van der Waals surface area contributed by atoms with E-state index in [4.69, 9.17) is 4.42 Å². The Labute approximate surface area is 88.1 Å². The third-order valence-electron chi connectivity index (χ3n) is 2.74. The molecule has 1 aliphatic rings. The summed E-state index contributed by atoms with van der Waals surface area (Å²) in [7, 11) is 0. The summed E-state index contributed by atoms with van der Waals surface area (Å²) in [5, 5.41) is 9.50. The molecule has 0 atom stereocenters. The average molecular weight is 209 g/mol. The minimum absolute atomic E-state index is 0.247. The first-order chi connectivity index (χ1) is 7.27. The number of aromatic hydroxyl groups is 1. The lowest BCUT2D eigenvalue weighted by Crippen LogP contribution is -2.29. The van der Waals surface area contributed by atoms with Gasteiger partial charge in [0.05, 0.1) is 12.8 Å². The zero-order valence-electron chi connectivity index (χ0n) is 8.61. The standard InChI is InChI=1S/C11H15NO3/c13-9-4-7-15-10(11(9)14)8-12-5-2-1-3-6-12/h4,7,14H,1-3,5-6,8H2. The Bertz CT molecular complexity index is 380. The van der Waals surface area contributed by atoms with Crippen molar-refractivity contribution in [2.24, 2.45) is 0 Å². The molecule has 0 amide bonds. The summed E-state index contributed by atoms with van der Waals surface area (Å²) in [5.74, 6) is 0.132. The van der Waals surface area contributed by atoms with Crippen molar-refractivity contribution in [2.75, 3.05) is 13.1 Å². The van der Waals surface area contributed by atoms with Crippen LogP contribution in [0.15, 0.2) is 21.5 Å². The molecule has 4 nitrogen and oxygen atoms in total. The fraction of sp³-hybridized carbons (Fsp3) is 0.545. The lowest BCUT2D eigenvalue weighted by Gasteiger charge is -2.25. The molecule has 0 aromatic carbocycles. The van der Waals surface area contributed by atoms with Crippen LogP contribution in [0.25, 0.3) is 0 Å². The number of rotatable bonds is 2. The number of piperidine rings is 1. The summed E-state index contributed by atoms with van der Waals surface area (Å²) in [5.41, 5.74) is -0.367. The summed E-state index contributed by atoms with van der Waals surface area (Å²) in [6.45, 7) is 2.55. The van der Waals surface area contributed by atoms with E-state index in [9.17, 15) is 9.90 Å². The summed E-state index contributed by atoms with van der Waals surface area (Å²) < 4.78 is 5.15. The van der Waals surface area contributed by atoms with Gasteiger partial charge in [-0.15, -0.1) is 0 Å². The second-order valence-corrected chi connectivity index (χ2v) is 3.89. The fourth-order valence-corrected chi connectivity index (χ4v) is 1.88. The van der Waals surface area contributed by atoms with E-state index >= 15 is 0 Å². The molecule has 0 unspecified atom stereocenters. The summed E-state index contributed by atoms with van der Waals surface area (Å²) in [6, 6.07) is 1.23. The summed E-state index contributed by atoms with van der Waals surface area (Å²) in [4.78, 5) is 13.3. The largest absolute Gasteiger partial charge is 0.502 e. The molecule has 1 aromatic rings. The maximum Gasteiger partial charge on any atom is 0.226 e. The quantitative estimate of drug-likeness (QED) is 0.798. The molecule has 82 valence electrons. The average Bonchev–Trinajstić information content (AvgIpc) is 2.26. The molecule has 15 heavy (non-hydrogen) atoms. The van der Waals surface area contributed by atoms with Crippen molar-refractivity contribution in [2.45, 2.75) is 25.8 Å². The highest BCUT2D eigenvalue weighted by Gasteiger charge is 2.15.